The van der Waals surface area contributed by atoms with Crippen molar-refractivity contribution in [3.8, 4) is 0 Å². The Labute approximate surface area is 130 Å². The van der Waals surface area contributed by atoms with E-state index in [2.05, 4.69) is 14.6 Å². The van der Waals surface area contributed by atoms with Crippen LogP contribution in [0.25, 0.3) is 0 Å². The molecule has 0 aliphatic rings. The summed E-state index contributed by atoms with van der Waals surface area (Å²) in [5.41, 5.74) is 0.397. The zero-order valence-corrected chi connectivity index (χ0v) is 12.4. The van der Waals surface area contributed by atoms with Crippen LogP contribution in [0.2, 0.25) is 0 Å². The van der Waals surface area contributed by atoms with Crippen LogP contribution in [0.1, 0.15) is 26.4 Å². The second-order valence-electron chi connectivity index (χ2n) is 4.47. The third-order valence-corrected chi connectivity index (χ3v) is 3.10. The van der Waals surface area contributed by atoms with E-state index < -0.39 is 22.5 Å². The molecule has 0 atom stereocenters. The van der Waals surface area contributed by atoms with E-state index in [0.717, 1.165) is 13.3 Å². The summed E-state index contributed by atoms with van der Waals surface area (Å²) in [6.45, 7) is 0.111. The molecule has 1 aromatic carbocycles. The van der Waals surface area contributed by atoms with E-state index in [1.54, 1.807) is 24.3 Å². The summed E-state index contributed by atoms with van der Waals surface area (Å²) < 4.78 is 10.3. The molecule has 0 aliphatic carbocycles. The van der Waals surface area contributed by atoms with Crippen LogP contribution in [0, 0.1) is 10.1 Å². The van der Waals surface area contributed by atoms with Crippen LogP contribution >= 0.6 is 0 Å². The predicted octanol–water partition coefficient (Wildman–Crippen LogP) is 1.41. The van der Waals surface area contributed by atoms with Gasteiger partial charge in [0.05, 0.1) is 31.3 Å². The monoisotopic (exact) mass is 319 g/mol. The van der Waals surface area contributed by atoms with Gasteiger partial charge in [0.15, 0.2) is 0 Å². The van der Waals surface area contributed by atoms with Crippen molar-refractivity contribution in [2.45, 2.75) is 6.54 Å². The van der Waals surface area contributed by atoms with Gasteiger partial charge in [-0.25, -0.2) is 14.3 Å². The summed E-state index contributed by atoms with van der Waals surface area (Å²) in [4.78, 5) is 33.4. The van der Waals surface area contributed by atoms with Crippen molar-refractivity contribution >= 4 is 17.6 Å². The Kier molecular flexibility index (Phi) is 4.69. The average molecular weight is 319 g/mol. The van der Waals surface area contributed by atoms with Crippen molar-refractivity contribution in [2.75, 3.05) is 14.2 Å². The number of rotatable bonds is 5. The normalized spacial score (nSPS) is 10.2. The van der Waals surface area contributed by atoms with E-state index in [1.807, 2.05) is 0 Å². The van der Waals surface area contributed by atoms with Crippen molar-refractivity contribution in [1.82, 2.24) is 9.78 Å². The first-order chi connectivity index (χ1) is 11.0. The molecule has 0 bridgehead atoms. The zero-order chi connectivity index (χ0) is 17.0. The van der Waals surface area contributed by atoms with E-state index in [9.17, 15) is 19.7 Å². The smallest absolute Gasteiger partial charge is 0.363 e. The van der Waals surface area contributed by atoms with Gasteiger partial charge in [-0.3, -0.25) is 10.1 Å². The number of carbonyl (C=O) groups is 2. The molecule has 0 saturated carbocycles. The first-order valence-electron chi connectivity index (χ1n) is 6.43. The van der Waals surface area contributed by atoms with Crippen LogP contribution in [-0.2, 0) is 16.0 Å². The van der Waals surface area contributed by atoms with Crippen LogP contribution in [0.4, 0.5) is 5.69 Å². The lowest BCUT2D eigenvalue weighted by molar-refractivity contribution is -0.385. The highest BCUT2D eigenvalue weighted by Gasteiger charge is 2.27. The standard InChI is InChI=1S/C14H13N3O6/c1-22-13(18)10-5-3-9(4-6-10)8-16-12(14(19)23-2)11(7-15-16)17(20)21/h3-7H,8H2,1-2H3. The number of esters is 2. The molecule has 0 N–H and O–H groups in total. The topological polar surface area (TPSA) is 114 Å². The van der Waals surface area contributed by atoms with E-state index in [1.165, 1.54) is 11.8 Å². The van der Waals surface area contributed by atoms with Crippen LogP contribution in [0.3, 0.4) is 0 Å². The second-order valence-corrected chi connectivity index (χ2v) is 4.47. The fourth-order valence-corrected chi connectivity index (χ4v) is 1.97. The minimum absolute atomic E-state index is 0.111. The Balaban J connectivity index is 2.31. The maximum Gasteiger partial charge on any atom is 0.363 e. The molecule has 23 heavy (non-hydrogen) atoms. The first kappa shape index (κ1) is 16.1. The molecule has 0 saturated heterocycles. The van der Waals surface area contributed by atoms with Crippen LogP contribution in [-0.4, -0.2) is 40.9 Å². The van der Waals surface area contributed by atoms with Crippen molar-refractivity contribution in [3.05, 3.63) is 57.4 Å². The summed E-state index contributed by atoms with van der Waals surface area (Å²) in [5.74, 6) is -1.32. The number of hydrogen-bond acceptors (Lipinski definition) is 7. The molecule has 0 spiro atoms. The van der Waals surface area contributed by atoms with Gasteiger partial charge >= 0.3 is 17.6 Å². The molecular formula is C14H13N3O6. The Hall–Kier alpha value is -3.23. The summed E-state index contributed by atoms with van der Waals surface area (Å²) in [6, 6.07) is 6.38. The third-order valence-electron chi connectivity index (χ3n) is 3.10. The Morgan fingerprint density at radius 1 is 1.17 bits per heavy atom. The number of methoxy groups -OCH3 is 2. The number of carbonyl (C=O) groups excluding carboxylic acids is 2. The SMILES string of the molecule is COC(=O)c1ccc(Cn2ncc([N+](=O)[O-])c2C(=O)OC)cc1. The molecule has 120 valence electrons. The number of nitro groups is 1. The highest BCUT2D eigenvalue weighted by atomic mass is 16.6. The molecule has 1 heterocycles. The Morgan fingerprint density at radius 2 is 1.78 bits per heavy atom. The molecule has 0 fully saturated rings. The summed E-state index contributed by atoms with van der Waals surface area (Å²) in [5, 5.41) is 14.8. The van der Waals surface area contributed by atoms with E-state index in [4.69, 9.17) is 0 Å². The molecule has 9 heteroatoms. The van der Waals surface area contributed by atoms with Gasteiger partial charge < -0.3 is 9.47 Å². The number of benzene rings is 1. The molecule has 0 unspecified atom stereocenters. The van der Waals surface area contributed by atoms with Gasteiger partial charge in [-0.1, -0.05) is 12.1 Å². The maximum atomic E-state index is 11.7. The quantitative estimate of drug-likeness (QED) is 0.465. The fourth-order valence-electron chi connectivity index (χ4n) is 1.97. The van der Waals surface area contributed by atoms with Gasteiger partial charge in [-0.15, -0.1) is 0 Å². The molecule has 1 aromatic heterocycles. The van der Waals surface area contributed by atoms with Gasteiger partial charge in [-0.05, 0) is 17.7 Å². The van der Waals surface area contributed by atoms with Crippen molar-refractivity contribution < 1.29 is 24.0 Å². The molecule has 0 aliphatic heterocycles. The molecule has 2 rings (SSSR count). The lowest BCUT2D eigenvalue weighted by Crippen LogP contribution is -2.14. The summed E-state index contributed by atoms with van der Waals surface area (Å²) in [7, 11) is 2.41. The highest BCUT2D eigenvalue weighted by molar-refractivity contribution is 5.92. The molecule has 2 aromatic rings. The van der Waals surface area contributed by atoms with E-state index >= 15 is 0 Å². The minimum atomic E-state index is -0.847. The third kappa shape index (κ3) is 3.34. The predicted molar refractivity (Wildman–Crippen MR) is 77.1 cm³/mol. The highest BCUT2D eigenvalue weighted by Crippen LogP contribution is 2.20. The second kappa shape index (κ2) is 6.69. The molecule has 0 radical (unpaired) electrons. The summed E-state index contributed by atoms with van der Waals surface area (Å²) in [6.07, 6.45) is 0.995. The maximum absolute atomic E-state index is 11.7. The van der Waals surface area contributed by atoms with Crippen molar-refractivity contribution in [2.24, 2.45) is 0 Å². The first-order valence-corrected chi connectivity index (χ1v) is 6.43. The molecular weight excluding hydrogens is 306 g/mol. The van der Waals surface area contributed by atoms with Crippen molar-refractivity contribution in [1.29, 1.82) is 0 Å². The number of aromatic nitrogens is 2. The zero-order valence-electron chi connectivity index (χ0n) is 12.4. The van der Waals surface area contributed by atoms with Gasteiger partial charge in [0, 0.05) is 0 Å². The summed E-state index contributed by atoms with van der Waals surface area (Å²) >= 11 is 0. The van der Waals surface area contributed by atoms with Crippen LogP contribution in [0.15, 0.2) is 30.5 Å². The van der Waals surface area contributed by atoms with Crippen LogP contribution < -0.4 is 0 Å². The van der Waals surface area contributed by atoms with Gasteiger partial charge in [0.1, 0.15) is 6.20 Å². The van der Waals surface area contributed by atoms with E-state index in [0.29, 0.717) is 11.1 Å². The largest absolute Gasteiger partial charge is 0.465 e. The Morgan fingerprint density at radius 3 is 2.30 bits per heavy atom. The fraction of sp³-hybridized carbons (Fsp3) is 0.214. The van der Waals surface area contributed by atoms with Gasteiger partial charge in [0.2, 0.25) is 5.69 Å². The Bertz CT molecular complexity index is 750. The number of nitrogens with zero attached hydrogens (tertiary/aromatic N) is 3. The van der Waals surface area contributed by atoms with Crippen LogP contribution in [0.5, 0.6) is 0 Å². The number of ether oxygens (including phenoxy) is 2. The average Bonchev–Trinajstić information content (AvgIpc) is 2.98. The number of hydrogen-bond donors (Lipinski definition) is 0. The lowest BCUT2D eigenvalue weighted by Gasteiger charge is -2.06. The lowest BCUT2D eigenvalue weighted by atomic mass is 10.1. The van der Waals surface area contributed by atoms with E-state index in [-0.39, 0.29) is 12.2 Å². The van der Waals surface area contributed by atoms with Gasteiger partial charge in [-0.2, -0.15) is 5.10 Å². The van der Waals surface area contributed by atoms with Crippen molar-refractivity contribution in [3.63, 3.8) is 0 Å². The van der Waals surface area contributed by atoms with Gasteiger partial charge in [0.25, 0.3) is 0 Å². The minimum Gasteiger partial charge on any atom is -0.465 e. The molecule has 9 nitrogen and oxygen atoms in total. The molecule has 0 amide bonds.